The van der Waals surface area contributed by atoms with Gasteiger partial charge >= 0.3 is 0 Å². The van der Waals surface area contributed by atoms with Gasteiger partial charge in [0.2, 0.25) is 17.7 Å². The first-order valence-electron chi connectivity index (χ1n) is 15.3. The summed E-state index contributed by atoms with van der Waals surface area (Å²) in [6.07, 6.45) is 10.8. The van der Waals surface area contributed by atoms with E-state index in [1.807, 2.05) is 24.1 Å². The van der Waals surface area contributed by atoms with E-state index in [0.717, 1.165) is 105 Å². The van der Waals surface area contributed by atoms with Gasteiger partial charge in [0.15, 0.2) is 0 Å². The van der Waals surface area contributed by atoms with Gasteiger partial charge < -0.3 is 23.8 Å². The first kappa shape index (κ1) is 25.4. The number of carbonyl (C=O) groups excluding carboxylic acids is 1. The highest BCUT2D eigenvalue weighted by atomic mass is 32.2. The molecule has 1 N–H and O–H groups in total. The highest BCUT2D eigenvalue weighted by Gasteiger charge is 2.41. The summed E-state index contributed by atoms with van der Waals surface area (Å²) in [6.45, 7) is 5.37. The summed E-state index contributed by atoms with van der Waals surface area (Å²) < 4.78 is 9.93. The van der Waals surface area contributed by atoms with Gasteiger partial charge in [0.1, 0.15) is 5.82 Å². The minimum atomic E-state index is 0.0255. The van der Waals surface area contributed by atoms with Crippen molar-refractivity contribution in [3.8, 4) is 22.9 Å². The van der Waals surface area contributed by atoms with E-state index in [-0.39, 0.29) is 5.92 Å². The van der Waals surface area contributed by atoms with Crippen molar-refractivity contribution < 1.29 is 9.21 Å². The lowest BCUT2D eigenvalue weighted by Crippen LogP contribution is -2.51. The van der Waals surface area contributed by atoms with E-state index in [1.165, 1.54) is 12.8 Å². The Morgan fingerprint density at radius 1 is 0.878 bits per heavy atom. The lowest BCUT2D eigenvalue weighted by Gasteiger charge is -2.48. The van der Waals surface area contributed by atoms with Gasteiger partial charge in [-0.3, -0.25) is 4.79 Å². The van der Waals surface area contributed by atoms with Crippen molar-refractivity contribution in [2.45, 2.75) is 56.6 Å². The number of nitrogens with one attached hydrogen (secondary N) is 1. The zero-order valence-electron chi connectivity index (χ0n) is 23.4. The quantitative estimate of drug-likeness (QED) is 0.412. The Morgan fingerprint density at radius 2 is 1.66 bits per heavy atom. The number of carbonyl (C=O) groups is 1. The summed E-state index contributed by atoms with van der Waals surface area (Å²) in [5, 5.41) is 9.73. The monoisotopic (exact) mass is 571 g/mol. The molecule has 9 bridgehead atoms. The van der Waals surface area contributed by atoms with Crippen molar-refractivity contribution in [1.29, 1.82) is 0 Å². The molecular formula is C31H37N7O2S. The Labute approximate surface area is 245 Å². The van der Waals surface area contributed by atoms with Crippen molar-refractivity contribution in [2.24, 2.45) is 11.3 Å². The predicted molar refractivity (Wildman–Crippen MR) is 162 cm³/mol. The van der Waals surface area contributed by atoms with Crippen LogP contribution in [0, 0.1) is 11.3 Å². The minimum Gasteiger partial charge on any atom is -0.416 e. The number of benzene rings is 1. The number of nitrogens with zero attached hydrogens (tertiary/aromatic N) is 6. The van der Waals surface area contributed by atoms with Crippen LogP contribution >= 0.6 is 11.9 Å². The van der Waals surface area contributed by atoms with Crippen LogP contribution in [0.2, 0.25) is 0 Å². The van der Waals surface area contributed by atoms with Crippen LogP contribution in [0.15, 0.2) is 40.9 Å². The van der Waals surface area contributed by atoms with E-state index in [4.69, 9.17) is 4.42 Å². The molecule has 41 heavy (non-hydrogen) atoms. The number of rotatable bonds is 3. The first-order chi connectivity index (χ1) is 20.1. The average molecular weight is 572 g/mol. The number of hydrogen-bond donors (Lipinski definition) is 1. The summed E-state index contributed by atoms with van der Waals surface area (Å²) in [4.78, 5) is 25.3. The van der Waals surface area contributed by atoms with Crippen molar-refractivity contribution in [1.82, 2.24) is 20.1 Å². The molecule has 4 fully saturated rings. The lowest BCUT2D eigenvalue weighted by molar-refractivity contribution is -0.138. The molecule has 8 heterocycles. The van der Waals surface area contributed by atoms with Gasteiger partial charge in [0, 0.05) is 62.0 Å². The van der Waals surface area contributed by atoms with E-state index in [2.05, 4.69) is 52.8 Å². The molecule has 1 spiro atoms. The number of hydrogen-bond acceptors (Lipinski definition) is 9. The molecule has 7 aliphatic rings. The second kappa shape index (κ2) is 10.2. The van der Waals surface area contributed by atoms with Gasteiger partial charge in [-0.05, 0) is 99.1 Å². The fourth-order valence-electron chi connectivity index (χ4n) is 7.12. The molecule has 1 aromatic carbocycles. The van der Waals surface area contributed by atoms with Crippen molar-refractivity contribution in [2.75, 3.05) is 53.8 Å². The topological polar surface area (TPSA) is 90.6 Å². The summed E-state index contributed by atoms with van der Waals surface area (Å²) in [5.41, 5.74) is 4.42. The third-order valence-electron chi connectivity index (χ3n) is 9.91. The Hall–Kier alpha value is -3.27. The number of amides is 1. The van der Waals surface area contributed by atoms with Gasteiger partial charge in [-0.15, -0.1) is 10.2 Å². The molecular weight excluding hydrogens is 534 g/mol. The predicted octanol–water partition coefficient (Wildman–Crippen LogP) is 5.46. The van der Waals surface area contributed by atoms with Crippen LogP contribution < -0.4 is 14.5 Å². The molecule has 6 aliphatic heterocycles. The molecule has 1 saturated carbocycles. The third kappa shape index (κ3) is 4.94. The molecule has 2 aromatic heterocycles. The maximum Gasteiger partial charge on any atom is 0.250 e. The van der Waals surface area contributed by atoms with E-state index in [0.29, 0.717) is 29.6 Å². The van der Waals surface area contributed by atoms with E-state index < -0.39 is 0 Å². The van der Waals surface area contributed by atoms with Gasteiger partial charge in [-0.1, -0.05) is 0 Å². The number of fused-ring (bicyclic) bond motifs is 2. The first-order valence-corrected chi connectivity index (χ1v) is 16.2. The summed E-state index contributed by atoms with van der Waals surface area (Å²) in [7, 11) is 0. The molecule has 1 atom stereocenters. The smallest absolute Gasteiger partial charge is 0.250 e. The van der Waals surface area contributed by atoms with Crippen LogP contribution in [0.25, 0.3) is 22.9 Å². The van der Waals surface area contributed by atoms with Crippen LogP contribution in [-0.2, 0) is 4.79 Å². The molecule has 3 aromatic rings. The Kier molecular flexibility index (Phi) is 6.34. The lowest BCUT2D eigenvalue weighted by atomic mass is 9.71. The molecule has 10 rings (SSSR count). The molecule has 214 valence electrons. The zero-order valence-corrected chi connectivity index (χ0v) is 24.2. The second-order valence-corrected chi connectivity index (χ2v) is 13.7. The van der Waals surface area contributed by atoms with Gasteiger partial charge in [0.05, 0.1) is 17.2 Å². The highest BCUT2D eigenvalue weighted by molar-refractivity contribution is 8.01. The zero-order chi connectivity index (χ0) is 27.4. The largest absolute Gasteiger partial charge is 0.416 e. The van der Waals surface area contributed by atoms with E-state index in [1.54, 1.807) is 6.20 Å². The number of pyridine rings is 1. The summed E-state index contributed by atoms with van der Waals surface area (Å²) in [5.74, 6) is 2.26. The fourth-order valence-corrected chi connectivity index (χ4v) is 7.92. The van der Waals surface area contributed by atoms with Gasteiger partial charge in [-0.25, -0.2) is 4.98 Å². The molecule has 10 heteroatoms. The van der Waals surface area contributed by atoms with Crippen LogP contribution in [0.4, 0.5) is 17.2 Å². The Balaban J connectivity index is 1.18. The standard InChI is InChI=1S/C31H37N7O2S/c39-30-22-2-1-13-38(20-22)27-18-21(7-12-32-27)28-33-34-29(40-28)25-6-3-23(35-41-24-4-5-24)19-26(25)36-14-8-31(9-15-36)10-16-37(30)17-11-31/h3,6-7,12,18-19,22,24,35H,1-2,4-5,8-11,13-17,20H2. The summed E-state index contributed by atoms with van der Waals surface area (Å²) >= 11 is 1.83. The van der Waals surface area contributed by atoms with Crippen LogP contribution in [0.3, 0.4) is 0 Å². The fraction of sp³-hybridized carbons (Fsp3) is 0.548. The molecule has 9 nitrogen and oxygen atoms in total. The van der Waals surface area contributed by atoms with Gasteiger partial charge in [0.25, 0.3) is 0 Å². The van der Waals surface area contributed by atoms with Crippen LogP contribution in [0.1, 0.15) is 51.4 Å². The average Bonchev–Trinajstić information content (AvgIpc) is 3.73. The third-order valence-corrected chi connectivity index (χ3v) is 11.1. The minimum absolute atomic E-state index is 0.0255. The number of piperidine rings is 3. The SMILES string of the molecule is O=C1C2CCCN(C2)c2cc(ccn2)-c2nnc(o2)-c2ccc(NSC3CC3)cc2N2CCC3(CCN1CC3)CC2. The number of aromatic nitrogens is 3. The van der Waals surface area contributed by atoms with Crippen LogP contribution in [-0.4, -0.2) is 70.5 Å². The second-order valence-electron chi connectivity index (χ2n) is 12.6. The molecule has 1 unspecified atom stereocenters. The number of anilines is 3. The molecule has 1 aliphatic carbocycles. The van der Waals surface area contributed by atoms with Gasteiger partial charge in [-0.2, -0.15) is 0 Å². The maximum atomic E-state index is 13.7. The molecule has 1 amide bonds. The highest BCUT2D eigenvalue weighted by Crippen LogP contribution is 2.45. The van der Waals surface area contributed by atoms with Crippen molar-refractivity contribution in [3.05, 3.63) is 36.5 Å². The Bertz CT molecular complexity index is 1440. The normalized spacial score (nSPS) is 25.9. The maximum absolute atomic E-state index is 13.7. The van der Waals surface area contributed by atoms with Crippen molar-refractivity contribution >= 4 is 35.0 Å². The molecule has 3 saturated heterocycles. The van der Waals surface area contributed by atoms with Crippen LogP contribution in [0.5, 0.6) is 0 Å². The van der Waals surface area contributed by atoms with E-state index >= 15 is 0 Å². The van der Waals surface area contributed by atoms with Crippen molar-refractivity contribution in [3.63, 3.8) is 0 Å². The Morgan fingerprint density at radius 3 is 2.46 bits per heavy atom. The molecule has 0 radical (unpaired) electrons. The summed E-state index contributed by atoms with van der Waals surface area (Å²) in [6, 6.07) is 10.5. The van der Waals surface area contributed by atoms with E-state index in [9.17, 15) is 4.79 Å².